The van der Waals surface area contributed by atoms with Gasteiger partial charge in [-0.05, 0) is 24.6 Å². The molecule has 1 heteroatoms. The summed E-state index contributed by atoms with van der Waals surface area (Å²) in [4.78, 5) is 3.04. The first-order valence-corrected chi connectivity index (χ1v) is 3.32. The van der Waals surface area contributed by atoms with Crippen molar-refractivity contribution < 1.29 is 0 Å². The molecule has 2 aromatic rings. The first kappa shape index (κ1) is 5.54. The van der Waals surface area contributed by atoms with Gasteiger partial charge in [0.25, 0.3) is 0 Å². The quantitative estimate of drug-likeness (QED) is 0.563. The molecule has 0 atom stereocenters. The van der Waals surface area contributed by atoms with Crippen LogP contribution in [0.15, 0.2) is 24.3 Å². The van der Waals surface area contributed by atoms with Gasteiger partial charge in [-0.1, -0.05) is 12.1 Å². The normalized spacial score (nSPS) is 10.5. The molecule has 1 aromatic heterocycles. The van der Waals surface area contributed by atoms with Crippen molar-refractivity contribution in [2.24, 2.45) is 0 Å². The Balaban J connectivity index is 2.95. The lowest BCUT2D eigenvalue weighted by molar-refractivity contribution is 1.45. The lowest BCUT2D eigenvalue weighted by Gasteiger charge is -1.92. The van der Waals surface area contributed by atoms with Gasteiger partial charge in [-0.2, -0.15) is 0 Å². The van der Waals surface area contributed by atoms with E-state index in [1.54, 1.807) is 0 Å². The molecule has 10 heavy (non-hydrogen) atoms. The summed E-state index contributed by atoms with van der Waals surface area (Å²) in [6.45, 7) is 2.10. The van der Waals surface area contributed by atoms with Gasteiger partial charge in [-0.15, -0.1) is 0 Å². The van der Waals surface area contributed by atoms with Crippen molar-refractivity contribution in [2.45, 2.75) is 6.92 Å². The number of fused-ring (bicyclic) bond motifs is 1. The maximum absolute atomic E-state index is 3.04. The van der Waals surface area contributed by atoms with E-state index in [0.717, 1.165) is 0 Å². The van der Waals surface area contributed by atoms with Crippen LogP contribution in [0.2, 0.25) is 0 Å². The van der Waals surface area contributed by atoms with Crippen molar-refractivity contribution in [2.75, 3.05) is 0 Å². The zero-order valence-corrected chi connectivity index (χ0v) is 5.81. The Labute approximate surface area is 59.7 Å². The number of aryl methyl sites for hydroxylation is 1. The van der Waals surface area contributed by atoms with E-state index in [4.69, 9.17) is 0 Å². The van der Waals surface area contributed by atoms with Crippen molar-refractivity contribution in [3.8, 4) is 0 Å². The molecule has 0 aliphatic heterocycles. The van der Waals surface area contributed by atoms with E-state index in [-0.39, 0.29) is 0 Å². The minimum atomic E-state index is 1.17. The topological polar surface area (TPSA) is 15.8 Å². The van der Waals surface area contributed by atoms with Gasteiger partial charge in [0.05, 0.1) is 6.20 Å². The summed E-state index contributed by atoms with van der Waals surface area (Å²) in [7, 11) is 0. The van der Waals surface area contributed by atoms with E-state index < -0.39 is 0 Å². The minimum absolute atomic E-state index is 1.17. The zero-order valence-electron chi connectivity index (χ0n) is 5.81. The van der Waals surface area contributed by atoms with Crippen LogP contribution in [0, 0.1) is 13.1 Å². The smallest absolute Gasteiger partial charge is 0.0630 e. The van der Waals surface area contributed by atoms with Crippen LogP contribution in [0.1, 0.15) is 5.56 Å². The molecule has 0 unspecified atom stereocenters. The Morgan fingerprint density at radius 3 is 3.10 bits per heavy atom. The van der Waals surface area contributed by atoms with Crippen LogP contribution in [0.3, 0.4) is 0 Å². The molecule has 2 rings (SSSR count). The van der Waals surface area contributed by atoms with Gasteiger partial charge < -0.3 is 4.98 Å². The Hall–Kier alpha value is -1.24. The minimum Gasteiger partial charge on any atom is -0.353 e. The van der Waals surface area contributed by atoms with Crippen LogP contribution in [0.5, 0.6) is 0 Å². The highest BCUT2D eigenvalue weighted by Gasteiger charge is 1.94. The Kier molecular flexibility index (Phi) is 1.04. The molecule has 0 spiro atoms. The standard InChI is InChI=1S/C9H8N/c1-7-3-2-4-9-8(7)5-6-10-9/h2-5,10H,1H3. The predicted molar refractivity (Wildman–Crippen MR) is 41.9 cm³/mol. The number of hydrogen-bond acceptors (Lipinski definition) is 0. The third-order valence-corrected chi connectivity index (χ3v) is 1.75. The van der Waals surface area contributed by atoms with Crippen molar-refractivity contribution in [1.29, 1.82) is 0 Å². The van der Waals surface area contributed by atoms with Gasteiger partial charge >= 0.3 is 0 Å². The fourth-order valence-electron chi connectivity index (χ4n) is 1.17. The van der Waals surface area contributed by atoms with Crippen LogP contribution < -0.4 is 0 Å². The van der Waals surface area contributed by atoms with Crippen LogP contribution in [-0.4, -0.2) is 4.98 Å². The van der Waals surface area contributed by atoms with Gasteiger partial charge in [0, 0.05) is 10.9 Å². The molecule has 0 aliphatic rings. The average Bonchev–Trinajstić information content (AvgIpc) is 2.36. The predicted octanol–water partition coefficient (Wildman–Crippen LogP) is 2.28. The molecule has 1 aromatic carbocycles. The second kappa shape index (κ2) is 1.87. The van der Waals surface area contributed by atoms with Crippen molar-refractivity contribution >= 4 is 10.9 Å². The first-order valence-electron chi connectivity index (χ1n) is 3.32. The highest BCUT2D eigenvalue weighted by atomic mass is 14.7. The van der Waals surface area contributed by atoms with E-state index in [1.165, 1.54) is 16.5 Å². The summed E-state index contributed by atoms with van der Waals surface area (Å²) in [6, 6.07) is 8.18. The number of nitrogens with one attached hydrogen (secondary N) is 1. The molecule has 0 saturated carbocycles. The number of benzene rings is 1. The number of aromatic nitrogens is 1. The molecule has 1 radical (unpaired) electrons. The number of H-pyrrole nitrogens is 1. The van der Waals surface area contributed by atoms with Gasteiger partial charge in [-0.3, -0.25) is 0 Å². The van der Waals surface area contributed by atoms with Crippen LogP contribution in [-0.2, 0) is 0 Å². The summed E-state index contributed by atoms with van der Waals surface area (Å²) in [6.07, 6.45) is 2.95. The van der Waals surface area contributed by atoms with Crippen LogP contribution in [0.4, 0.5) is 0 Å². The molecule has 0 amide bonds. The molecular weight excluding hydrogens is 122 g/mol. The second-order valence-corrected chi connectivity index (χ2v) is 2.45. The average molecular weight is 130 g/mol. The third-order valence-electron chi connectivity index (χ3n) is 1.75. The summed E-state index contributed by atoms with van der Waals surface area (Å²) in [5, 5.41) is 1.27. The first-order chi connectivity index (χ1) is 4.88. The lowest BCUT2D eigenvalue weighted by Crippen LogP contribution is -1.71. The number of hydrogen-bond donors (Lipinski definition) is 1. The SMILES string of the molecule is Cc1cccc2[nH][c]cc12. The summed E-state index contributed by atoms with van der Waals surface area (Å²) in [5.74, 6) is 0. The van der Waals surface area contributed by atoms with E-state index in [0.29, 0.717) is 0 Å². The van der Waals surface area contributed by atoms with E-state index in [9.17, 15) is 0 Å². The fraction of sp³-hybridized carbons (Fsp3) is 0.111. The highest BCUT2D eigenvalue weighted by molar-refractivity contribution is 5.82. The Bertz CT molecular complexity index is 346. The van der Waals surface area contributed by atoms with E-state index >= 15 is 0 Å². The zero-order chi connectivity index (χ0) is 6.97. The Morgan fingerprint density at radius 2 is 2.30 bits per heavy atom. The molecule has 0 bridgehead atoms. The highest BCUT2D eigenvalue weighted by Crippen LogP contribution is 2.14. The van der Waals surface area contributed by atoms with Gasteiger partial charge in [0.15, 0.2) is 0 Å². The van der Waals surface area contributed by atoms with E-state index in [1.807, 2.05) is 12.1 Å². The molecule has 1 N–H and O–H groups in total. The monoisotopic (exact) mass is 130 g/mol. The summed E-state index contributed by atoms with van der Waals surface area (Å²) in [5.41, 5.74) is 2.47. The molecule has 0 fully saturated rings. The largest absolute Gasteiger partial charge is 0.353 e. The van der Waals surface area contributed by atoms with Gasteiger partial charge in [0.1, 0.15) is 0 Å². The van der Waals surface area contributed by atoms with Gasteiger partial charge in [0.2, 0.25) is 0 Å². The second-order valence-electron chi connectivity index (χ2n) is 2.45. The molecule has 1 nitrogen and oxygen atoms in total. The van der Waals surface area contributed by atoms with Crippen LogP contribution >= 0.6 is 0 Å². The van der Waals surface area contributed by atoms with E-state index in [2.05, 4.69) is 30.2 Å². The van der Waals surface area contributed by atoms with Gasteiger partial charge in [-0.25, -0.2) is 0 Å². The molecular formula is C9H8N. The molecule has 1 heterocycles. The molecule has 49 valence electrons. The summed E-state index contributed by atoms with van der Waals surface area (Å²) < 4.78 is 0. The van der Waals surface area contributed by atoms with Crippen molar-refractivity contribution in [3.63, 3.8) is 0 Å². The number of rotatable bonds is 0. The van der Waals surface area contributed by atoms with Crippen molar-refractivity contribution in [3.05, 3.63) is 36.0 Å². The lowest BCUT2D eigenvalue weighted by atomic mass is 10.1. The maximum atomic E-state index is 3.04. The Morgan fingerprint density at radius 1 is 1.40 bits per heavy atom. The summed E-state index contributed by atoms with van der Waals surface area (Å²) >= 11 is 0. The van der Waals surface area contributed by atoms with Crippen LogP contribution in [0.25, 0.3) is 10.9 Å². The third kappa shape index (κ3) is 0.637. The fourth-order valence-corrected chi connectivity index (χ4v) is 1.17. The maximum Gasteiger partial charge on any atom is 0.0630 e. The molecule has 0 saturated heterocycles. The van der Waals surface area contributed by atoms with Crippen molar-refractivity contribution in [1.82, 2.24) is 4.98 Å². The molecule has 0 aliphatic carbocycles. The number of aromatic amines is 1.